The van der Waals surface area contributed by atoms with Gasteiger partial charge in [-0.3, -0.25) is 19.4 Å². The van der Waals surface area contributed by atoms with Crippen LogP contribution in [0.1, 0.15) is 77.5 Å². The van der Waals surface area contributed by atoms with Crippen molar-refractivity contribution in [1.82, 2.24) is 4.98 Å². The largest absolute Gasteiger partial charge is 0.482 e. The predicted molar refractivity (Wildman–Crippen MR) is 176 cm³/mol. The van der Waals surface area contributed by atoms with Gasteiger partial charge in [-0.15, -0.1) is 0 Å². The minimum Gasteiger partial charge on any atom is -0.482 e. The van der Waals surface area contributed by atoms with E-state index in [1.165, 1.54) is 13.8 Å². The molecule has 2 fully saturated rings. The maximum Gasteiger partial charge on any atom is 0.345 e. The summed E-state index contributed by atoms with van der Waals surface area (Å²) in [5, 5.41) is 12.3. The first-order valence-corrected chi connectivity index (χ1v) is 16.8. The zero-order valence-electron chi connectivity index (χ0n) is 28.5. The number of ether oxygens (including phenoxy) is 4. The van der Waals surface area contributed by atoms with Crippen LogP contribution in [0.15, 0.2) is 70.1 Å². The van der Waals surface area contributed by atoms with Crippen molar-refractivity contribution >= 4 is 17.9 Å². The number of nitrogens with zero attached hydrogens (tertiary/aromatic N) is 1. The van der Waals surface area contributed by atoms with Crippen LogP contribution in [0.5, 0.6) is 5.75 Å². The van der Waals surface area contributed by atoms with Crippen molar-refractivity contribution in [2.45, 2.75) is 90.6 Å². The van der Waals surface area contributed by atoms with Crippen molar-refractivity contribution in [2.75, 3.05) is 6.61 Å². The highest BCUT2D eigenvalue weighted by atomic mass is 16.6. The van der Waals surface area contributed by atoms with E-state index in [9.17, 15) is 24.3 Å². The Hall–Kier alpha value is -4.51. The van der Waals surface area contributed by atoms with E-state index in [0.717, 1.165) is 5.56 Å². The number of pyridine rings is 1. The Morgan fingerprint density at radius 2 is 1.76 bits per heavy atom. The lowest BCUT2D eigenvalue weighted by atomic mass is 9.42. The Morgan fingerprint density at radius 1 is 1.00 bits per heavy atom. The summed E-state index contributed by atoms with van der Waals surface area (Å²) >= 11 is 0. The van der Waals surface area contributed by atoms with Crippen LogP contribution in [0, 0.1) is 22.7 Å². The van der Waals surface area contributed by atoms with E-state index in [1.807, 2.05) is 51.1 Å². The molecule has 3 aliphatic rings. The van der Waals surface area contributed by atoms with Crippen LogP contribution >= 0.6 is 0 Å². The van der Waals surface area contributed by atoms with Gasteiger partial charge in [0.15, 0.2) is 0 Å². The lowest BCUT2D eigenvalue weighted by molar-refractivity contribution is -0.271. The molecule has 8 atom stereocenters. The van der Waals surface area contributed by atoms with Crippen molar-refractivity contribution in [2.24, 2.45) is 22.7 Å². The number of benzene rings is 1. The summed E-state index contributed by atoms with van der Waals surface area (Å²) in [4.78, 5) is 55.8. The number of fused-ring (bicyclic) bond motifs is 4. The molecule has 1 N–H and O–H groups in total. The van der Waals surface area contributed by atoms with E-state index >= 15 is 0 Å². The number of aliphatic hydroxyl groups excluding tert-OH is 1. The number of rotatable bonds is 8. The number of carbonyl (C=O) groups is 3. The fourth-order valence-electron chi connectivity index (χ4n) is 8.95. The molecular weight excluding hydrogens is 630 g/mol. The summed E-state index contributed by atoms with van der Waals surface area (Å²) in [6.45, 7) is 8.33. The van der Waals surface area contributed by atoms with Crippen LogP contribution in [0.3, 0.4) is 0 Å². The Balaban J connectivity index is 1.45. The topological polar surface area (TPSA) is 151 Å². The molecular formula is C38H43NO10. The Morgan fingerprint density at radius 3 is 2.43 bits per heavy atom. The minimum atomic E-state index is -1.37. The Bertz CT molecular complexity index is 1780. The predicted octanol–water partition coefficient (Wildman–Crippen LogP) is 5.37. The molecule has 1 aromatic carbocycles. The lowest BCUT2D eigenvalue weighted by Crippen LogP contribution is -2.71. The van der Waals surface area contributed by atoms with Gasteiger partial charge in [0.05, 0.1) is 6.10 Å². The van der Waals surface area contributed by atoms with E-state index < -0.39 is 70.1 Å². The molecule has 0 amide bonds. The molecule has 3 aromatic rings. The summed E-state index contributed by atoms with van der Waals surface area (Å²) < 4.78 is 30.3. The maximum absolute atomic E-state index is 13.6. The molecule has 2 aromatic heterocycles. The fourth-order valence-corrected chi connectivity index (χ4v) is 8.95. The second-order valence-corrected chi connectivity index (χ2v) is 14.3. The van der Waals surface area contributed by atoms with E-state index in [1.54, 1.807) is 30.6 Å². The summed E-state index contributed by atoms with van der Waals surface area (Å²) in [6, 6.07) is 14.6. The summed E-state index contributed by atoms with van der Waals surface area (Å²) in [5.41, 5.74) is -2.22. The van der Waals surface area contributed by atoms with E-state index in [2.05, 4.69) is 4.98 Å². The smallest absolute Gasteiger partial charge is 0.345 e. The molecule has 260 valence electrons. The monoisotopic (exact) mass is 673 g/mol. The van der Waals surface area contributed by atoms with Crippen LogP contribution in [0.4, 0.5) is 0 Å². The number of aliphatic hydroxyl groups is 1. The molecule has 11 nitrogen and oxygen atoms in total. The van der Waals surface area contributed by atoms with E-state index in [4.69, 9.17) is 23.4 Å². The zero-order chi connectivity index (χ0) is 35.1. The first kappa shape index (κ1) is 34.4. The quantitative estimate of drug-likeness (QED) is 0.243. The number of hydrogen-bond acceptors (Lipinski definition) is 11. The standard InChI is InChI=1S/C38H43NO10/c1-22(40)45-21-37(4)28-19-30(48-31(42)14-13-24-10-7-6-8-11-24)38(5)34(36(28,3)16-15-29(37)46-23(2)41)33(43)32-27(49-38)18-26(47-35(32)44)25-12-9-17-39-20-25/h6-12,17-18,20,28-30,33-34,43H,13-16,19,21H2,1-5H3/t28-,29+,30+,33+,34-,36+,37+,38-/m1/s1. The molecule has 0 radical (unpaired) electrons. The van der Waals surface area contributed by atoms with Gasteiger partial charge in [0, 0.05) is 55.6 Å². The van der Waals surface area contributed by atoms with Gasteiger partial charge in [-0.1, -0.05) is 44.2 Å². The number of esters is 3. The van der Waals surface area contributed by atoms with E-state index in [-0.39, 0.29) is 36.5 Å². The molecule has 2 saturated carbocycles. The summed E-state index contributed by atoms with van der Waals surface area (Å²) in [7, 11) is 0. The fraction of sp³-hybridized carbons (Fsp3) is 0.500. The molecule has 0 saturated heterocycles. The van der Waals surface area contributed by atoms with Crippen LogP contribution < -0.4 is 10.4 Å². The molecule has 0 bridgehead atoms. The van der Waals surface area contributed by atoms with E-state index in [0.29, 0.717) is 24.8 Å². The average Bonchev–Trinajstić information content (AvgIpc) is 3.05. The van der Waals surface area contributed by atoms with Crippen LogP contribution in [-0.4, -0.2) is 52.4 Å². The maximum atomic E-state index is 13.6. The van der Waals surface area contributed by atoms with Crippen LogP contribution in [-0.2, 0) is 35.0 Å². The SMILES string of the molecule is CC(=O)OC[C@@]1(C)[C@@H]2C[C@H](OC(=O)CCc3ccccc3)[C@@]3(C)Oc4cc(-c5cccnc5)oc(=O)c4[C@H](O)[C@@H]3[C@@]2(C)CC[C@@H]1OC(C)=O. The second kappa shape index (κ2) is 13.1. The van der Waals surface area contributed by atoms with Gasteiger partial charge in [-0.05, 0) is 61.6 Å². The molecule has 6 rings (SSSR count). The normalized spacial score (nSPS) is 31.6. The highest BCUT2D eigenvalue weighted by molar-refractivity contribution is 5.70. The Labute approximate surface area is 284 Å². The first-order valence-electron chi connectivity index (χ1n) is 16.8. The molecule has 11 heteroatoms. The third-order valence-electron chi connectivity index (χ3n) is 11.2. The number of aromatic nitrogens is 1. The summed E-state index contributed by atoms with van der Waals surface area (Å²) in [5.74, 6) is -2.23. The minimum absolute atomic E-state index is 0.0186. The number of carbonyl (C=O) groups excluding carboxylic acids is 3. The van der Waals surface area contributed by atoms with Crippen LogP contribution in [0.2, 0.25) is 0 Å². The summed E-state index contributed by atoms with van der Waals surface area (Å²) in [6.07, 6.45) is 2.00. The first-order chi connectivity index (χ1) is 23.3. The van der Waals surface area contributed by atoms with Gasteiger partial charge >= 0.3 is 23.5 Å². The van der Waals surface area contributed by atoms with Crippen molar-refractivity contribution < 1.29 is 42.9 Å². The highest BCUT2D eigenvalue weighted by Gasteiger charge is 2.71. The third-order valence-corrected chi connectivity index (χ3v) is 11.2. The molecule has 1 aliphatic heterocycles. The van der Waals surface area contributed by atoms with Crippen molar-refractivity contribution in [3.63, 3.8) is 0 Å². The highest BCUT2D eigenvalue weighted by Crippen LogP contribution is 2.67. The van der Waals surface area contributed by atoms with Gasteiger partial charge in [0.2, 0.25) is 0 Å². The molecule has 0 spiro atoms. The average molecular weight is 674 g/mol. The molecule has 49 heavy (non-hydrogen) atoms. The van der Waals surface area contributed by atoms with Crippen molar-refractivity contribution in [1.29, 1.82) is 0 Å². The third kappa shape index (κ3) is 6.24. The number of aryl methyl sites for hydroxylation is 1. The second-order valence-electron chi connectivity index (χ2n) is 14.3. The van der Waals surface area contributed by atoms with Crippen molar-refractivity contribution in [3.8, 4) is 17.1 Å². The lowest BCUT2D eigenvalue weighted by Gasteiger charge is -2.66. The molecule has 0 unspecified atom stereocenters. The van der Waals surface area contributed by atoms with Crippen molar-refractivity contribution in [3.05, 3.63) is 82.5 Å². The molecule has 2 aliphatic carbocycles. The van der Waals surface area contributed by atoms with Gasteiger partial charge in [-0.2, -0.15) is 0 Å². The van der Waals surface area contributed by atoms with Gasteiger partial charge < -0.3 is 28.5 Å². The van der Waals surface area contributed by atoms with Gasteiger partial charge in [0.1, 0.15) is 41.5 Å². The Kier molecular flexibility index (Phi) is 9.17. The number of hydrogen-bond donors (Lipinski definition) is 1. The van der Waals surface area contributed by atoms with Crippen LogP contribution in [0.25, 0.3) is 11.3 Å². The van der Waals surface area contributed by atoms with Gasteiger partial charge in [-0.25, -0.2) is 4.79 Å². The molecule has 3 heterocycles. The zero-order valence-corrected chi connectivity index (χ0v) is 28.5. The van der Waals surface area contributed by atoms with Gasteiger partial charge in [0.25, 0.3) is 0 Å².